The largest absolute Gasteiger partial charge is 0.434 e. The normalized spacial score (nSPS) is 18.3. The number of aryl methyl sites for hydroxylation is 1. The smallest absolute Gasteiger partial charge is 0.342 e. The molecule has 0 spiro atoms. The van der Waals surface area contributed by atoms with E-state index in [1.54, 1.807) is 24.3 Å². The summed E-state index contributed by atoms with van der Waals surface area (Å²) >= 11 is 0. The second kappa shape index (κ2) is 8.96. The topological polar surface area (TPSA) is 58.4 Å². The molecule has 4 rings (SSSR count). The highest BCUT2D eigenvalue weighted by Crippen LogP contribution is 2.35. The maximum atomic E-state index is 13.9. The van der Waals surface area contributed by atoms with Gasteiger partial charge >= 0.3 is 6.18 Å². The Labute approximate surface area is 185 Å². The fourth-order valence-corrected chi connectivity index (χ4v) is 4.51. The number of likely N-dealkylation sites (tertiary alicyclic amines) is 2. The molecule has 6 nitrogen and oxygen atoms in total. The van der Waals surface area contributed by atoms with E-state index in [1.807, 2.05) is 11.8 Å². The highest BCUT2D eigenvalue weighted by Gasteiger charge is 2.42. The lowest BCUT2D eigenvalue weighted by atomic mass is 9.94. The van der Waals surface area contributed by atoms with Crippen molar-refractivity contribution in [2.45, 2.75) is 45.2 Å². The van der Waals surface area contributed by atoms with Crippen molar-refractivity contribution in [3.8, 4) is 5.69 Å². The van der Waals surface area contributed by atoms with Crippen molar-refractivity contribution in [1.29, 1.82) is 0 Å². The van der Waals surface area contributed by atoms with Crippen LogP contribution in [0.4, 0.5) is 13.2 Å². The second-order valence-electron chi connectivity index (χ2n) is 8.68. The molecule has 32 heavy (non-hydrogen) atoms. The molecule has 1 aromatic heterocycles. The number of hydrogen-bond acceptors (Lipinski definition) is 3. The van der Waals surface area contributed by atoms with Crippen LogP contribution in [0.25, 0.3) is 5.69 Å². The van der Waals surface area contributed by atoms with Crippen molar-refractivity contribution in [2.75, 3.05) is 26.2 Å². The van der Waals surface area contributed by atoms with Gasteiger partial charge < -0.3 is 9.80 Å². The van der Waals surface area contributed by atoms with Gasteiger partial charge in [-0.2, -0.15) is 18.3 Å². The number of carbonyl (C=O) groups excluding carboxylic acids is 2. The Bertz CT molecular complexity index is 976. The van der Waals surface area contributed by atoms with Gasteiger partial charge in [0.15, 0.2) is 5.69 Å². The van der Waals surface area contributed by atoms with Crippen molar-refractivity contribution in [3.63, 3.8) is 0 Å². The third-order valence-electron chi connectivity index (χ3n) is 6.35. The van der Waals surface area contributed by atoms with Crippen LogP contribution < -0.4 is 0 Å². The van der Waals surface area contributed by atoms with Gasteiger partial charge in [-0.15, -0.1) is 0 Å². The van der Waals surface area contributed by atoms with Gasteiger partial charge in [0.25, 0.3) is 5.91 Å². The molecule has 0 radical (unpaired) electrons. The maximum Gasteiger partial charge on any atom is 0.434 e. The third kappa shape index (κ3) is 4.66. The SMILES string of the molecule is Cc1ccc(-n2ncc(C(=O)N3CCC(CN4CCCCC4=O)CC3)c2C(F)(F)F)cc1. The molecule has 9 heteroatoms. The number of amides is 2. The average molecular weight is 448 g/mol. The van der Waals surface area contributed by atoms with Crippen LogP contribution in [0, 0.1) is 12.8 Å². The zero-order valence-corrected chi connectivity index (χ0v) is 18.1. The molecule has 0 bridgehead atoms. The summed E-state index contributed by atoms with van der Waals surface area (Å²) in [6.45, 7) is 4.03. The Kier molecular flexibility index (Phi) is 6.26. The molecule has 0 aliphatic carbocycles. The summed E-state index contributed by atoms with van der Waals surface area (Å²) in [6.07, 6.45) is 0.158. The standard InChI is InChI=1S/C23H27F3N4O2/c1-16-5-7-18(8-6-16)30-21(23(24,25)26)19(14-27-30)22(32)28-12-9-17(10-13-28)15-29-11-3-2-4-20(29)31/h5-8,14,17H,2-4,9-13,15H2,1H3. The van der Waals surface area contributed by atoms with Crippen LogP contribution in [0.15, 0.2) is 30.5 Å². The highest BCUT2D eigenvalue weighted by molar-refractivity contribution is 5.95. The van der Waals surface area contributed by atoms with Gasteiger partial charge in [-0.1, -0.05) is 17.7 Å². The predicted molar refractivity (Wildman–Crippen MR) is 112 cm³/mol. The highest BCUT2D eigenvalue weighted by atomic mass is 19.4. The minimum Gasteiger partial charge on any atom is -0.342 e. The first-order chi connectivity index (χ1) is 15.2. The van der Waals surface area contributed by atoms with Crippen molar-refractivity contribution in [3.05, 3.63) is 47.3 Å². The summed E-state index contributed by atoms with van der Waals surface area (Å²) in [5.74, 6) is -0.213. The first-order valence-corrected chi connectivity index (χ1v) is 11.0. The fourth-order valence-electron chi connectivity index (χ4n) is 4.51. The molecule has 0 unspecified atom stereocenters. The summed E-state index contributed by atoms with van der Waals surface area (Å²) in [7, 11) is 0. The van der Waals surface area contributed by atoms with Crippen molar-refractivity contribution in [2.24, 2.45) is 5.92 Å². The molecule has 172 valence electrons. The van der Waals surface area contributed by atoms with E-state index in [4.69, 9.17) is 0 Å². The Balaban J connectivity index is 1.48. The molecule has 1 aromatic carbocycles. The van der Waals surface area contributed by atoms with Gasteiger partial charge in [0.05, 0.1) is 17.4 Å². The van der Waals surface area contributed by atoms with Gasteiger partial charge in [0, 0.05) is 32.6 Å². The summed E-state index contributed by atoms with van der Waals surface area (Å²) in [4.78, 5) is 28.4. The Morgan fingerprint density at radius 2 is 1.78 bits per heavy atom. The van der Waals surface area contributed by atoms with Crippen molar-refractivity contribution in [1.82, 2.24) is 19.6 Å². The molecule has 2 amide bonds. The van der Waals surface area contributed by atoms with E-state index in [2.05, 4.69) is 5.10 Å². The number of hydrogen-bond donors (Lipinski definition) is 0. The molecule has 2 aliphatic rings. The maximum absolute atomic E-state index is 13.9. The molecule has 2 fully saturated rings. The van der Waals surface area contributed by atoms with Gasteiger partial charge in [-0.05, 0) is 50.7 Å². The van der Waals surface area contributed by atoms with E-state index in [0.717, 1.165) is 35.8 Å². The molecule has 2 aromatic rings. The second-order valence-corrected chi connectivity index (χ2v) is 8.68. The monoisotopic (exact) mass is 448 g/mol. The van der Waals surface area contributed by atoms with E-state index < -0.39 is 23.3 Å². The Morgan fingerprint density at radius 1 is 1.09 bits per heavy atom. The van der Waals surface area contributed by atoms with E-state index in [-0.39, 0.29) is 17.5 Å². The van der Waals surface area contributed by atoms with Crippen LogP contribution in [-0.4, -0.2) is 57.6 Å². The van der Waals surface area contributed by atoms with E-state index in [0.29, 0.717) is 38.9 Å². The molecular formula is C23H27F3N4O2. The summed E-state index contributed by atoms with van der Waals surface area (Å²) in [5, 5.41) is 3.90. The number of piperidine rings is 2. The molecule has 0 N–H and O–H groups in total. The molecule has 2 aliphatic heterocycles. The number of nitrogens with zero attached hydrogens (tertiary/aromatic N) is 4. The lowest BCUT2D eigenvalue weighted by molar-refractivity contribution is -0.143. The molecule has 3 heterocycles. The van der Waals surface area contributed by atoms with Crippen LogP contribution in [0.2, 0.25) is 0 Å². The van der Waals surface area contributed by atoms with Crippen LogP contribution in [0.1, 0.15) is 53.7 Å². The van der Waals surface area contributed by atoms with E-state index in [1.165, 1.54) is 4.90 Å². The van der Waals surface area contributed by atoms with Crippen LogP contribution in [0.3, 0.4) is 0 Å². The summed E-state index contributed by atoms with van der Waals surface area (Å²) in [5.41, 5.74) is -0.304. The van der Waals surface area contributed by atoms with Crippen molar-refractivity contribution >= 4 is 11.8 Å². The fraction of sp³-hybridized carbons (Fsp3) is 0.522. The number of aromatic nitrogens is 2. The van der Waals surface area contributed by atoms with Gasteiger partial charge in [-0.3, -0.25) is 9.59 Å². The number of carbonyl (C=O) groups is 2. The quantitative estimate of drug-likeness (QED) is 0.709. The lowest BCUT2D eigenvalue weighted by Gasteiger charge is -2.36. The van der Waals surface area contributed by atoms with E-state index >= 15 is 0 Å². The lowest BCUT2D eigenvalue weighted by Crippen LogP contribution is -2.44. The van der Waals surface area contributed by atoms with Crippen molar-refractivity contribution < 1.29 is 22.8 Å². The van der Waals surface area contributed by atoms with E-state index in [9.17, 15) is 22.8 Å². The number of rotatable bonds is 4. The minimum atomic E-state index is -4.72. The molecule has 2 saturated heterocycles. The van der Waals surface area contributed by atoms with Crippen LogP contribution in [-0.2, 0) is 11.0 Å². The van der Waals surface area contributed by atoms with Crippen LogP contribution >= 0.6 is 0 Å². The number of benzene rings is 1. The van der Waals surface area contributed by atoms with Gasteiger partial charge in [0.2, 0.25) is 5.91 Å². The Morgan fingerprint density at radius 3 is 2.41 bits per heavy atom. The summed E-state index contributed by atoms with van der Waals surface area (Å²) < 4.78 is 42.6. The first kappa shape index (κ1) is 22.4. The van der Waals surface area contributed by atoms with Gasteiger partial charge in [-0.25, -0.2) is 4.68 Å². The zero-order valence-electron chi connectivity index (χ0n) is 18.1. The zero-order chi connectivity index (χ0) is 22.9. The molecule has 0 atom stereocenters. The molecule has 0 saturated carbocycles. The third-order valence-corrected chi connectivity index (χ3v) is 6.35. The predicted octanol–water partition coefficient (Wildman–Crippen LogP) is 4.06. The van der Waals surface area contributed by atoms with Crippen LogP contribution in [0.5, 0.6) is 0 Å². The average Bonchev–Trinajstić information content (AvgIpc) is 3.22. The number of alkyl halides is 3. The Hall–Kier alpha value is -2.84. The van der Waals surface area contributed by atoms with Gasteiger partial charge in [0.1, 0.15) is 0 Å². The molecular weight excluding hydrogens is 421 g/mol. The minimum absolute atomic E-state index is 0.174. The number of halogens is 3. The first-order valence-electron chi connectivity index (χ1n) is 11.0. The summed E-state index contributed by atoms with van der Waals surface area (Å²) in [6, 6.07) is 6.52.